The van der Waals surface area contributed by atoms with E-state index in [0.717, 1.165) is 12.1 Å². The predicted octanol–water partition coefficient (Wildman–Crippen LogP) is 2.99. The van der Waals surface area contributed by atoms with Gasteiger partial charge in [0.2, 0.25) is 11.8 Å². The average Bonchev–Trinajstić information content (AvgIpc) is 3.37. The smallest absolute Gasteiger partial charge is 0.228 e. The molecule has 2 aromatic rings. The zero-order valence-corrected chi connectivity index (χ0v) is 14.2. The average molecular weight is 338 g/mol. The van der Waals surface area contributed by atoms with E-state index < -0.39 is 5.91 Å². The molecule has 3 N–H and O–H groups in total. The number of benzene rings is 2. The lowest BCUT2D eigenvalue weighted by Gasteiger charge is -2.08. The van der Waals surface area contributed by atoms with Crippen molar-refractivity contribution in [3.8, 4) is 5.75 Å². The fourth-order valence-corrected chi connectivity index (χ4v) is 2.89. The zero-order valence-electron chi connectivity index (χ0n) is 14.2. The third-order valence-electron chi connectivity index (χ3n) is 4.34. The number of rotatable bonds is 7. The van der Waals surface area contributed by atoms with Crippen molar-refractivity contribution in [3.63, 3.8) is 0 Å². The second-order valence-corrected chi connectivity index (χ2v) is 6.44. The van der Waals surface area contributed by atoms with Gasteiger partial charge < -0.3 is 15.8 Å². The highest BCUT2D eigenvalue weighted by molar-refractivity contribution is 5.95. The van der Waals surface area contributed by atoms with Crippen molar-refractivity contribution in [2.75, 3.05) is 11.9 Å². The van der Waals surface area contributed by atoms with E-state index in [1.807, 2.05) is 6.07 Å². The Hall–Kier alpha value is -2.82. The van der Waals surface area contributed by atoms with E-state index in [2.05, 4.69) is 30.4 Å². The molecule has 1 saturated carbocycles. The van der Waals surface area contributed by atoms with Crippen LogP contribution in [0.25, 0.3) is 0 Å². The third kappa shape index (κ3) is 4.59. The van der Waals surface area contributed by atoms with E-state index >= 15 is 0 Å². The van der Waals surface area contributed by atoms with E-state index in [1.165, 1.54) is 11.1 Å². The van der Waals surface area contributed by atoms with Gasteiger partial charge in [0.15, 0.2) is 0 Å². The number of nitrogens with one attached hydrogen (secondary N) is 1. The summed E-state index contributed by atoms with van der Waals surface area (Å²) < 4.78 is 5.41. The molecule has 0 aliphatic heterocycles. The van der Waals surface area contributed by atoms with Crippen molar-refractivity contribution in [2.45, 2.75) is 25.7 Å². The zero-order chi connectivity index (χ0) is 17.8. The molecule has 0 aromatic heterocycles. The number of carbonyl (C=O) groups is 2. The largest absolute Gasteiger partial charge is 0.493 e. The van der Waals surface area contributed by atoms with Crippen LogP contribution in [-0.2, 0) is 9.59 Å². The first kappa shape index (κ1) is 17.0. The van der Waals surface area contributed by atoms with E-state index in [0.29, 0.717) is 11.7 Å². The van der Waals surface area contributed by atoms with Gasteiger partial charge >= 0.3 is 0 Å². The van der Waals surface area contributed by atoms with Crippen LogP contribution in [0.1, 0.15) is 29.9 Å². The van der Waals surface area contributed by atoms with Gasteiger partial charge in [-0.3, -0.25) is 9.59 Å². The van der Waals surface area contributed by atoms with E-state index in [4.69, 9.17) is 10.5 Å². The molecule has 0 bridgehead atoms. The molecule has 0 spiro atoms. The van der Waals surface area contributed by atoms with Crippen LogP contribution in [0, 0.1) is 12.8 Å². The third-order valence-corrected chi connectivity index (χ3v) is 4.34. The maximum absolute atomic E-state index is 12.4. The Balaban J connectivity index is 1.51. The molecule has 1 aliphatic rings. The van der Waals surface area contributed by atoms with Gasteiger partial charge in [0.25, 0.3) is 0 Å². The van der Waals surface area contributed by atoms with Crippen LogP contribution in [-0.4, -0.2) is 18.4 Å². The number of hydrogen-bond donors (Lipinski definition) is 2. The second-order valence-electron chi connectivity index (χ2n) is 6.44. The normalized spacial score (nSPS) is 18.4. The Morgan fingerprint density at radius 1 is 1.20 bits per heavy atom. The van der Waals surface area contributed by atoms with Crippen molar-refractivity contribution in [3.05, 3.63) is 59.7 Å². The number of carbonyl (C=O) groups excluding carboxylic acids is 2. The Morgan fingerprint density at radius 3 is 2.64 bits per heavy atom. The summed E-state index contributed by atoms with van der Waals surface area (Å²) in [4.78, 5) is 23.1. The van der Waals surface area contributed by atoms with Crippen LogP contribution in [0.2, 0.25) is 0 Å². The molecule has 3 rings (SSSR count). The minimum atomic E-state index is -0.392. The first-order chi connectivity index (χ1) is 12.0. The lowest BCUT2D eigenvalue weighted by atomic mass is 10.1. The number of hydrogen-bond acceptors (Lipinski definition) is 3. The highest BCUT2D eigenvalue weighted by Crippen LogP contribution is 2.48. The van der Waals surface area contributed by atoms with Gasteiger partial charge in [-0.25, -0.2) is 0 Å². The molecule has 0 radical (unpaired) electrons. The Labute approximate surface area is 147 Å². The number of nitrogens with two attached hydrogens (primary N) is 1. The predicted molar refractivity (Wildman–Crippen MR) is 96.4 cm³/mol. The molecule has 2 amide bonds. The molecule has 1 aliphatic carbocycles. The monoisotopic (exact) mass is 338 g/mol. The summed E-state index contributed by atoms with van der Waals surface area (Å²) >= 11 is 0. The van der Waals surface area contributed by atoms with Crippen LogP contribution in [0.15, 0.2) is 48.5 Å². The number of primary amides is 1. The Bertz CT molecular complexity index is 771. The summed E-state index contributed by atoms with van der Waals surface area (Å²) in [5, 5.41) is 2.95. The van der Waals surface area contributed by atoms with E-state index in [-0.39, 0.29) is 24.9 Å². The van der Waals surface area contributed by atoms with Crippen LogP contribution >= 0.6 is 0 Å². The Kier molecular flexibility index (Phi) is 5.03. The molecular weight excluding hydrogens is 316 g/mol. The van der Waals surface area contributed by atoms with Crippen LogP contribution < -0.4 is 15.8 Å². The van der Waals surface area contributed by atoms with Crippen molar-refractivity contribution in [2.24, 2.45) is 11.7 Å². The number of aryl methyl sites for hydroxylation is 1. The molecule has 2 aromatic carbocycles. The van der Waals surface area contributed by atoms with Crippen LogP contribution in [0.4, 0.5) is 5.69 Å². The summed E-state index contributed by atoms with van der Waals surface area (Å²) in [7, 11) is 0. The molecular formula is C20H22N2O3. The minimum absolute atomic E-state index is 0.0355. The SMILES string of the molecule is Cc1cccc([C@@H]2C[C@H]2C(=O)Nc2ccc(OCCC(N)=O)cc2)c1. The number of amides is 2. The fraction of sp³-hybridized carbons (Fsp3) is 0.300. The molecule has 0 unspecified atom stereocenters. The van der Waals surface area contributed by atoms with Crippen molar-refractivity contribution >= 4 is 17.5 Å². The summed E-state index contributed by atoms with van der Waals surface area (Å²) in [6.45, 7) is 2.31. The van der Waals surface area contributed by atoms with Gasteiger partial charge in [-0.05, 0) is 49.1 Å². The van der Waals surface area contributed by atoms with E-state index in [1.54, 1.807) is 24.3 Å². The molecule has 1 fully saturated rings. The first-order valence-electron chi connectivity index (χ1n) is 8.41. The highest BCUT2D eigenvalue weighted by atomic mass is 16.5. The second kappa shape index (κ2) is 7.38. The van der Waals surface area contributed by atoms with Crippen molar-refractivity contribution in [1.82, 2.24) is 0 Å². The molecule has 130 valence electrons. The lowest BCUT2D eigenvalue weighted by Crippen LogP contribution is -2.15. The molecule has 2 atom stereocenters. The maximum Gasteiger partial charge on any atom is 0.228 e. The summed E-state index contributed by atoms with van der Waals surface area (Å²) in [6, 6.07) is 15.5. The summed E-state index contributed by atoms with van der Waals surface area (Å²) in [5.74, 6) is 0.651. The molecule has 25 heavy (non-hydrogen) atoms. The molecule has 5 heteroatoms. The quantitative estimate of drug-likeness (QED) is 0.814. The van der Waals surface area contributed by atoms with Gasteiger partial charge in [-0.15, -0.1) is 0 Å². The summed E-state index contributed by atoms with van der Waals surface area (Å²) in [6.07, 6.45) is 1.07. The van der Waals surface area contributed by atoms with Gasteiger partial charge in [0, 0.05) is 11.6 Å². The highest BCUT2D eigenvalue weighted by Gasteiger charge is 2.43. The number of anilines is 1. The van der Waals surface area contributed by atoms with Crippen LogP contribution in [0.3, 0.4) is 0 Å². The molecule has 0 heterocycles. The number of ether oxygens (including phenoxy) is 1. The van der Waals surface area contributed by atoms with Crippen molar-refractivity contribution in [1.29, 1.82) is 0 Å². The lowest BCUT2D eigenvalue weighted by molar-refractivity contribution is -0.118. The maximum atomic E-state index is 12.4. The summed E-state index contributed by atoms with van der Waals surface area (Å²) in [5.41, 5.74) is 8.26. The molecule has 0 saturated heterocycles. The van der Waals surface area contributed by atoms with Gasteiger partial charge in [0.05, 0.1) is 13.0 Å². The Morgan fingerprint density at radius 2 is 1.96 bits per heavy atom. The first-order valence-corrected chi connectivity index (χ1v) is 8.41. The van der Waals surface area contributed by atoms with Crippen molar-refractivity contribution < 1.29 is 14.3 Å². The standard InChI is InChI=1S/C20H22N2O3/c1-13-3-2-4-14(11-13)17-12-18(17)20(24)22-15-5-7-16(8-6-15)25-10-9-19(21)23/h2-8,11,17-18H,9-10,12H2,1H3,(H2,21,23)(H,22,24)/t17-,18+/m0/s1. The van der Waals surface area contributed by atoms with Crippen LogP contribution in [0.5, 0.6) is 5.75 Å². The fourth-order valence-electron chi connectivity index (χ4n) is 2.89. The minimum Gasteiger partial charge on any atom is -0.493 e. The topological polar surface area (TPSA) is 81.4 Å². The molecule has 5 nitrogen and oxygen atoms in total. The van der Waals surface area contributed by atoms with E-state index in [9.17, 15) is 9.59 Å². The van der Waals surface area contributed by atoms with Gasteiger partial charge in [0.1, 0.15) is 5.75 Å². The van der Waals surface area contributed by atoms with Gasteiger partial charge in [-0.2, -0.15) is 0 Å². The van der Waals surface area contributed by atoms with Gasteiger partial charge in [-0.1, -0.05) is 29.8 Å².